The second kappa shape index (κ2) is 8.74. The van der Waals surface area contributed by atoms with E-state index < -0.39 is 10.0 Å². The van der Waals surface area contributed by atoms with Crippen molar-refractivity contribution in [3.8, 4) is 5.75 Å². The van der Waals surface area contributed by atoms with Crippen molar-refractivity contribution in [3.05, 3.63) is 83.7 Å². The molecule has 0 unspecified atom stereocenters. The number of sulfonamides is 1. The predicted octanol–water partition coefficient (Wildman–Crippen LogP) is 3.13. The van der Waals surface area contributed by atoms with Crippen molar-refractivity contribution in [1.82, 2.24) is 10.3 Å². The first-order valence-corrected chi connectivity index (χ1v) is 10.3. The molecule has 29 heavy (non-hydrogen) atoms. The van der Waals surface area contributed by atoms with Crippen LogP contribution in [0.4, 0.5) is 5.69 Å². The van der Waals surface area contributed by atoms with Crippen LogP contribution in [0.3, 0.4) is 0 Å². The summed E-state index contributed by atoms with van der Waals surface area (Å²) in [6.45, 7) is 2.18. The molecule has 2 N–H and O–H groups in total. The van der Waals surface area contributed by atoms with Crippen molar-refractivity contribution in [1.29, 1.82) is 0 Å². The van der Waals surface area contributed by atoms with Crippen LogP contribution in [0.15, 0.2) is 71.9 Å². The minimum Gasteiger partial charge on any atom is -0.497 e. The van der Waals surface area contributed by atoms with Crippen LogP contribution in [0.5, 0.6) is 5.75 Å². The number of nitrogens with zero attached hydrogens (tertiary/aromatic N) is 1. The minimum atomic E-state index is -3.80. The molecule has 0 aliphatic rings. The number of anilines is 1. The summed E-state index contributed by atoms with van der Waals surface area (Å²) >= 11 is 0. The van der Waals surface area contributed by atoms with Crippen LogP contribution >= 0.6 is 0 Å². The van der Waals surface area contributed by atoms with E-state index >= 15 is 0 Å². The molecule has 1 amide bonds. The zero-order valence-corrected chi connectivity index (χ0v) is 16.9. The van der Waals surface area contributed by atoms with Gasteiger partial charge in [0, 0.05) is 30.6 Å². The average molecular weight is 411 g/mol. The summed E-state index contributed by atoms with van der Waals surface area (Å²) in [6.07, 6.45) is 3.31. The Morgan fingerprint density at radius 1 is 1.10 bits per heavy atom. The molecule has 3 aromatic rings. The Kier molecular flexibility index (Phi) is 6.13. The molecule has 0 atom stereocenters. The summed E-state index contributed by atoms with van der Waals surface area (Å²) in [5, 5.41) is 2.78. The van der Waals surface area contributed by atoms with Gasteiger partial charge in [-0.25, -0.2) is 8.42 Å². The molecule has 8 heteroatoms. The highest BCUT2D eigenvalue weighted by atomic mass is 32.2. The molecule has 0 aliphatic heterocycles. The number of pyridine rings is 1. The third-order valence-corrected chi connectivity index (χ3v) is 5.56. The largest absolute Gasteiger partial charge is 0.497 e. The number of hydrogen-bond acceptors (Lipinski definition) is 5. The topological polar surface area (TPSA) is 97.4 Å². The lowest BCUT2D eigenvalue weighted by Gasteiger charge is -2.12. The van der Waals surface area contributed by atoms with Crippen LogP contribution < -0.4 is 14.8 Å². The van der Waals surface area contributed by atoms with Crippen molar-refractivity contribution in [2.45, 2.75) is 18.4 Å². The second-order valence-electron chi connectivity index (χ2n) is 6.41. The number of aryl methyl sites for hydroxylation is 1. The number of aromatic nitrogens is 1. The second-order valence-corrected chi connectivity index (χ2v) is 8.10. The molecule has 0 radical (unpaired) electrons. The highest BCUT2D eigenvalue weighted by Gasteiger charge is 2.16. The van der Waals surface area contributed by atoms with Crippen molar-refractivity contribution in [2.24, 2.45) is 0 Å². The van der Waals surface area contributed by atoms with E-state index in [1.807, 2.05) is 13.0 Å². The Morgan fingerprint density at radius 2 is 1.86 bits per heavy atom. The van der Waals surface area contributed by atoms with Gasteiger partial charge in [-0.15, -0.1) is 0 Å². The third kappa shape index (κ3) is 5.32. The molecule has 0 aliphatic carbocycles. The van der Waals surface area contributed by atoms with E-state index in [1.165, 1.54) is 31.4 Å². The Hall–Kier alpha value is -3.39. The van der Waals surface area contributed by atoms with Crippen LogP contribution in [0, 0.1) is 6.92 Å². The minimum absolute atomic E-state index is 0.133. The quantitative estimate of drug-likeness (QED) is 0.623. The van der Waals surface area contributed by atoms with Crippen molar-refractivity contribution < 1.29 is 17.9 Å². The smallest absolute Gasteiger partial charge is 0.261 e. The van der Waals surface area contributed by atoms with Crippen molar-refractivity contribution >= 4 is 21.6 Å². The van der Waals surface area contributed by atoms with Crippen LogP contribution in [0.1, 0.15) is 21.5 Å². The Morgan fingerprint density at radius 3 is 2.52 bits per heavy atom. The number of amides is 1. The first-order valence-electron chi connectivity index (χ1n) is 8.83. The van der Waals surface area contributed by atoms with Crippen LogP contribution in [0.25, 0.3) is 0 Å². The average Bonchev–Trinajstić information content (AvgIpc) is 2.72. The summed E-state index contributed by atoms with van der Waals surface area (Å²) in [5.41, 5.74) is 2.31. The molecule has 0 bridgehead atoms. The molecule has 1 aromatic heterocycles. The zero-order chi connectivity index (χ0) is 20.9. The SMILES string of the molecule is COc1cc(NS(=O)(=O)c2ccc(C)cc2)cc(C(=O)NCc2cccnc2)c1. The lowest BCUT2D eigenvalue weighted by molar-refractivity contribution is 0.0950. The van der Waals surface area contributed by atoms with Gasteiger partial charge >= 0.3 is 0 Å². The number of methoxy groups -OCH3 is 1. The Bertz CT molecular complexity index is 1100. The van der Waals surface area contributed by atoms with E-state index in [-0.39, 0.29) is 22.1 Å². The van der Waals surface area contributed by atoms with E-state index in [0.29, 0.717) is 12.3 Å². The van der Waals surface area contributed by atoms with E-state index in [9.17, 15) is 13.2 Å². The fourth-order valence-corrected chi connectivity index (χ4v) is 3.67. The normalized spacial score (nSPS) is 11.0. The van der Waals surface area contributed by atoms with E-state index in [1.54, 1.807) is 36.7 Å². The standard InChI is InChI=1S/C21H21N3O4S/c1-15-5-7-20(8-6-15)29(26,27)24-18-10-17(11-19(12-18)28-2)21(25)23-14-16-4-3-9-22-13-16/h3-13,24H,14H2,1-2H3,(H,23,25). The highest BCUT2D eigenvalue weighted by Crippen LogP contribution is 2.24. The number of ether oxygens (including phenoxy) is 1. The molecule has 0 fully saturated rings. The monoisotopic (exact) mass is 411 g/mol. The summed E-state index contributed by atoms with van der Waals surface area (Å²) in [5.74, 6) is 0.00386. The van der Waals surface area contributed by atoms with Gasteiger partial charge < -0.3 is 10.1 Å². The molecule has 0 saturated carbocycles. The van der Waals surface area contributed by atoms with Gasteiger partial charge in [0.25, 0.3) is 15.9 Å². The van der Waals surface area contributed by atoms with E-state index in [0.717, 1.165) is 11.1 Å². The van der Waals surface area contributed by atoms with Gasteiger partial charge in [0.15, 0.2) is 0 Å². The molecule has 2 aromatic carbocycles. The molecule has 0 saturated heterocycles. The summed E-state index contributed by atoms with van der Waals surface area (Å²) < 4.78 is 33.0. The van der Waals surface area contributed by atoms with Gasteiger partial charge in [-0.05, 0) is 42.8 Å². The van der Waals surface area contributed by atoms with Gasteiger partial charge in [-0.2, -0.15) is 0 Å². The maximum Gasteiger partial charge on any atom is 0.261 e. The van der Waals surface area contributed by atoms with Gasteiger partial charge in [-0.3, -0.25) is 14.5 Å². The molecule has 150 valence electrons. The summed E-state index contributed by atoms with van der Waals surface area (Å²) in [4.78, 5) is 16.7. The molecular formula is C21H21N3O4S. The van der Waals surface area contributed by atoms with Gasteiger partial charge in [0.1, 0.15) is 5.75 Å². The lowest BCUT2D eigenvalue weighted by atomic mass is 10.1. The first kappa shape index (κ1) is 20.3. The number of nitrogens with one attached hydrogen (secondary N) is 2. The van der Waals surface area contributed by atoms with Gasteiger partial charge in [-0.1, -0.05) is 23.8 Å². The number of benzene rings is 2. The van der Waals surface area contributed by atoms with Crippen molar-refractivity contribution in [3.63, 3.8) is 0 Å². The van der Waals surface area contributed by atoms with E-state index in [2.05, 4.69) is 15.0 Å². The lowest BCUT2D eigenvalue weighted by Crippen LogP contribution is -2.23. The zero-order valence-electron chi connectivity index (χ0n) is 16.0. The van der Waals surface area contributed by atoms with Gasteiger partial charge in [0.05, 0.1) is 17.7 Å². The third-order valence-electron chi connectivity index (χ3n) is 4.16. The number of carbonyl (C=O) groups is 1. The number of carbonyl (C=O) groups excluding carboxylic acids is 1. The fraction of sp³-hybridized carbons (Fsp3) is 0.143. The summed E-state index contributed by atoms with van der Waals surface area (Å²) in [6, 6.07) is 14.7. The predicted molar refractivity (Wildman–Crippen MR) is 110 cm³/mol. The molecular weight excluding hydrogens is 390 g/mol. The maximum atomic E-state index is 12.6. The molecule has 3 rings (SSSR count). The van der Waals surface area contributed by atoms with Gasteiger partial charge in [0.2, 0.25) is 0 Å². The van der Waals surface area contributed by atoms with Crippen LogP contribution in [-0.4, -0.2) is 26.4 Å². The molecule has 0 spiro atoms. The van der Waals surface area contributed by atoms with E-state index in [4.69, 9.17) is 4.74 Å². The highest BCUT2D eigenvalue weighted by molar-refractivity contribution is 7.92. The number of rotatable bonds is 7. The maximum absolute atomic E-state index is 12.6. The molecule has 1 heterocycles. The first-order chi connectivity index (χ1) is 13.9. The van der Waals surface area contributed by atoms with Crippen LogP contribution in [-0.2, 0) is 16.6 Å². The fourth-order valence-electron chi connectivity index (χ4n) is 2.63. The summed E-state index contributed by atoms with van der Waals surface area (Å²) in [7, 11) is -2.35. The Balaban J connectivity index is 1.81. The number of hydrogen-bond donors (Lipinski definition) is 2. The Labute approximate surface area is 169 Å². The van der Waals surface area contributed by atoms with Crippen molar-refractivity contribution in [2.75, 3.05) is 11.8 Å². The van der Waals surface area contributed by atoms with Crippen LogP contribution in [0.2, 0.25) is 0 Å². The molecule has 7 nitrogen and oxygen atoms in total.